The third-order valence-electron chi connectivity index (χ3n) is 4.35. The Morgan fingerprint density at radius 3 is 2.61 bits per heavy atom. The van der Waals surface area contributed by atoms with Crippen molar-refractivity contribution in [2.75, 3.05) is 13.2 Å². The van der Waals surface area contributed by atoms with E-state index in [-0.39, 0.29) is 35.9 Å². The molecule has 1 saturated carbocycles. The molecule has 28 heavy (non-hydrogen) atoms. The molecule has 3 rings (SSSR count). The van der Waals surface area contributed by atoms with Crippen molar-refractivity contribution < 1.29 is 23.5 Å². The lowest BCUT2D eigenvalue weighted by Gasteiger charge is -2.14. The quantitative estimate of drug-likeness (QED) is 0.699. The fraction of sp³-hybridized carbons (Fsp3) is 0.421. The molecule has 0 aromatic carbocycles. The lowest BCUT2D eigenvalue weighted by Crippen LogP contribution is -2.23. The summed E-state index contributed by atoms with van der Waals surface area (Å²) >= 11 is 0. The summed E-state index contributed by atoms with van der Waals surface area (Å²) in [5.41, 5.74) is -1.22. The zero-order valence-corrected chi connectivity index (χ0v) is 15.4. The van der Waals surface area contributed by atoms with E-state index in [4.69, 9.17) is 9.47 Å². The third-order valence-corrected chi connectivity index (χ3v) is 4.35. The first-order valence-electron chi connectivity index (χ1n) is 8.91. The Balaban J connectivity index is 2.24. The number of nitriles is 1. The van der Waals surface area contributed by atoms with E-state index in [1.54, 1.807) is 24.5 Å². The second-order valence-electron chi connectivity index (χ2n) is 6.27. The van der Waals surface area contributed by atoms with Crippen LogP contribution < -0.4 is 5.43 Å². The van der Waals surface area contributed by atoms with Crippen LogP contribution in [0.5, 0.6) is 0 Å². The minimum Gasteiger partial charge on any atom is -0.465 e. The Hall–Kier alpha value is -3.28. The van der Waals surface area contributed by atoms with Crippen LogP contribution in [0.15, 0.2) is 17.1 Å². The Morgan fingerprint density at radius 1 is 1.36 bits per heavy atom. The maximum Gasteiger partial charge on any atom is 0.343 e. The molecule has 1 unspecified atom stereocenters. The molecule has 0 bridgehead atoms. The summed E-state index contributed by atoms with van der Waals surface area (Å²) in [6, 6.07) is 2.59. The molecule has 0 amide bonds. The van der Waals surface area contributed by atoms with E-state index < -0.39 is 34.8 Å². The van der Waals surface area contributed by atoms with E-state index in [1.807, 2.05) is 0 Å². The fourth-order valence-corrected chi connectivity index (χ4v) is 2.90. The Morgan fingerprint density at radius 2 is 2.04 bits per heavy atom. The lowest BCUT2D eigenvalue weighted by atomic mass is 10.0. The van der Waals surface area contributed by atoms with Gasteiger partial charge in [-0.1, -0.05) is 0 Å². The number of rotatable bonds is 6. The van der Waals surface area contributed by atoms with Gasteiger partial charge in [0.2, 0.25) is 5.43 Å². The number of aromatic nitrogens is 2. The summed E-state index contributed by atoms with van der Waals surface area (Å²) in [6.07, 6.45) is 2.95. The van der Waals surface area contributed by atoms with Crippen LogP contribution in [0.3, 0.4) is 0 Å². The molecule has 2 heterocycles. The van der Waals surface area contributed by atoms with E-state index in [1.165, 1.54) is 6.20 Å². The van der Waals surface area contributed by atoms with Crippen molar-refractivity contribution in [1.29, 1.82) is 5.26 Å². The van der Waals surface area contributed by atoms with Gasteiger partial charge in [-0.2, -0.15) is 5.26 Å². The summed E-state index contributed by atoms with van der Waals surface area (Å²) in [5, 5.41) is 9.20. The Labute approximate surface area is 159 Å². The molecule has 0 radical (unpaired) electrons. The molecule has 0 spiro atoms. The van der Waals surface area contributed by atoms with Gasteiger partial charge in [0.05, 0.1) is 24.7 Å². The highest BCUT2D eigenvalue weighted by atomic mass is 19.1. The van der Waals surface area contributed by atoms with Gasteiger partial charge in [0.15, 0.2) is 5.92 Å². The minimum absolute atomic E-state index is 0.00906. The van der Waals surface area contributed by atoms with Gasteiger partial charge in [-0.3, -0.25) is 9.59 Å². The number of esters is 2. The van der Waals surface area contributed by atoms with Gasteiger partial charge in [0, 0.05) is 12.2 Å². The molecule has 1 fully saturated rings. The first-order chi connectivity index (χ1) is 13.4. The van der Waals surface area contributed by atoms with Crippen LogP contribution in [0.4, 0.5) is 4.39 Å². The fourth-order valence-electron chi connectivity index (χ4n) is 2.90. The van der Waals surface area contributed by atoms with Gasteiger partial charge in [0.25, 0.3) is 0 Å². The number of halogens is 1. The van der Waals surface area contributed by atoms with Crippen molar-refractivity contribution in [3.8, 4) is 6.07 Å². The molecule has 2 aromatic heterocycles. The molecule has 0 aliphatic heterocycles. The van der Waals surface area contributed by atoms with Gasteiger partial charge in [0.1, 0.15) is 22.7 Å². The number of ether oxygens (including phenoxy) is 2. The molecule has 0 N–H and O–H groups in total. The van der Waals surface area contributed by atoms with Crippen LogP contribution in [0.1, 0.15) is 54.7 Å². The standard InChI is InChI=1S/C19H18FN3O5/c1-3-27-18(25)12(8-21)15-14(20)7-11-16(24)13(19(26)28-4-2)9-23(10-5-6-10)17(11)22-15/h7,9-10,12H,3-6H2,1-2H3. The van der Waals surface area contributed by atoms with Crippen LogP contribution >= 0.6 is 0 Å². The molecule has 1 aliphatic carbocycles. The van der Waals surface area contributed by atoms with E-state index >= 15 is 0 Å². The normalized spacial score (nSPS) is 14.4. The van der Waals surface area contributed by atoms with Crippen LogP contribution in [-0.2, 0) is 14.3 Å². The van der Waals surface area contributed by atoms with Crippen molar-refractivity contribution in [3.05, 3.63) is 39.6 Å². The number of nitrogens with zero attached hydrogens (tertiary/aromatic N) is 3. The topological polar surface area (TPSA) is 111 Å². The molecular weight excluding hydrogens is 369 g/mol. The zero-order valence-electron chi connectivity index (χ0n) is 15.4. The highest BCUT2D eigenvalue weighted by Crippen LogP contribution is 2.37. The van der Waals surface area contributed by atoms with Crippen molar-refractivity contribution in [1.82, 2.24) is 9.55 Å². The van der Waals surface area contributed by atoms with Gasteiger partial charge >= 0.3 is 11.9 Å². The van der Waals surface area contributed by atoms with E-state index in [9.17, 15) is 24.0 Å². The maximum absolute atomic E-state index is 14.7. The summed E-state index contributed by atoms with van der Waals surface area (Å²) in [7, 11) is 0. The molecule has 9 heteroatoms. The number of carbonyl (C=O) groups is 2. The summed E-state index contributed by atoms with van der Waals surface area (Å²) in [6.45, 7) is 3.30. The van der Waals surface area contributed by atoms with E-state index in [2.05, 4.69) is 4.98 Å². The average Bonchev–Trinajstić information content (AvgIpc) is 3.49. The molecule has 1 atom stereocenters. The van der Waals surface area contributed by atoms with Crippen LogP contribution in [0, 0.1) is 17.1 Å². The van der Waals surface area contributed by atoms with Crippen LogP contribution in [-0.4, -0.2) is 34.7 Å². The summed E-state index contributed by atoms with van der Waals surface area (Å²) in [4.78, 5) is 40.9. The number of fused-ring (bicyclic) bond motifs is 1. The number of pyridine rings is 2. The van der Waals surface area contributed by atoms with E-state index in [0.717, 1.165) is 18.9 Å². The second kappa shape index (κ2) is 7.76. The summed E-state index contributed by atoms with van der Waals surface area (Å²) in [5.74, 6) is -4.27. The highest BCUT2D eigenvalue weighted by molar-refractivity contribution is 5.93. The highest BCUT2D eigenvalue weighted by Gasteiger charge is 2.31. The minimum atomic E-state index is -1.56. The van der Waals surface area contributed by atoms with Crippen LogP contribution in [0.25, 0.3) is 11.0 Å². The Bertz CT molecular complexity index is 1050. The monoisotopic (exact) mass is 387 g/mol. The van der Waals surface area contributed by atoms with Gasteiger partial charge < -0.3 is 14.0 Å². The maximum atomic E-state index is 14.7. The first kappa shape index (κ1) is 19.5. The Kier molecular flexibility index (Phi) is 5.40. The van der Waals surface area contributed by atoms with Crippen molar-refractivity contribution in [3.63, 3.8) is 0 Å². The third kappa shape index (κ3) is 3.45. The molecule has 8 nitrogen and oxygen atoms in total. The van der Waals surface area contributed by atoms with Crippen molar-refractivity contribution in [2.45, 2.75) is 38.6 Å². The largest absolute Gasteiger partial charge is 0.465 e. The smallest absolute Gasteiger partial charge is 0.343 e. The molecule has 0 saturated heterocycles. The molecule has 1 aliphatic rings. The number of carbonyl (C=O) groups excluding carboxylic acids is 2. The number of hydrogen-bond acceptors (Lipinski definition) is 7. The predicted molar refractivity (Wildman–Crippen MR) is 95.2 cm³/mol. The van der Waals surface area contributed by atoms with Gasteiger partial charge in [-0.15, -0.1) is 0 Å². The van der Waals surface area contributed by atoms with E-state index in [0.29, 0.717) is 0 Å². The molecule has 146 valence electrons. The lowest BCUT2D eigenvalue weighted by molar-refractivity contribution is -0.143. The first-order valence-corrected chi connectivity index (χ1v) is 8.91. The van der Waals surface area contributed by atoms with Crippen molar-refractivity contribution >= 4 is 23.0 Å². The molecule has 2 aromatic rings. The average molecular weight is 387 g/mol. The van der Waals surface area contributed by atoms with Crippen LogP contribution in [0.2, 0.25) is 0 Å². The molecular formula is C19H18FN3O5. The predicted octanol–water partition coefficient (Wildman–Crippen LogP) is 2.22. The SMILES string of the molecule is CCOC(=O)c1cn(C2CC2)c2nc(C(C#N)C(=O)OCC)c(F)cc2c1=O. The number of hydrogen-bond donors (Lipinski definition) is 0. The summed E-state index contributed by atoms with van der Waals surface area (Å²) < 4.78 is 26.0. The van der Waals surface area contributed by atoms with Gasteiger partial charge in [-0.05, 0) is 32.8 Å². The zero-order chi connectivity index (χ0) is 20.4. The second-order valence-corrected chi connectivity index (χ2v) is 6.27. The van der Waals surface area contributed by atoms with Crippen molar-refractivity contribution in [2.24, 2.45) is 0 Å². The van der Waals surface area contributed by atoms with Gasteiger partial charge in [-0.25, -0.2) is 14.2 Å².